The summed E-state index contributed by atoms with van der Waals surface area (Å²) in [5.74, 6) is 0. The lowest BCUT2D eigenvalue weighted by atomic mass is 9.93. The minimum Gasteiger partial charge on any atom is -0.385 e. The molecule has 1 aromatic heterocycles. The minimum atomic E-state index is -0.265. The molecule has 0 radical (unpaired) electrons. The summed E-state index contributed by atoms with van der Waals surface area (Å²) in [6.07, 6.45) is 1.62. The van der Waals surface area contributed by atoms with Crippen molar-refractivity contribution < 1.29 is 4.74 Å². The van der Waals surface area contributed by atoms with E-state index in [-0.39, 0.29) is 5.54 Å². The third-order valence-electron chi connectivity index (χ3n) is 2.71. The van der Waals surface area contributed by atoms with E-state index in [1.165, 1.54) is 0 Å². The van der Waals surface area contributed by atoms with Gasteiger partial charge in [-0.05, 0) is 36.2 Å². The molecule has 5 heteroatoms. The highest BCUT2D eigenvalue weighted by Gasteiger charge is 2.23. The highest BCUT2D eigenvalue weighted by Crippen LogP contribution is 2.24. The molecule has 4 nitrogen and oxygen atoms in total. The topological polar surface area (TPSA) is 53.1 Å². The van der Waals surface area contributed by atoms with Gasteiger partial charge in [0.1, 0.15) is 0 Å². The predicted octanol–water partition coefficient (Wildman–Crippen LogP) is 1.79. The van der Waals surface area contributed by atoms with Crippen LogP contribution in [0.15, 0.2) is 4.47 Å². The fourth-order valence-electron chi connectivity index (χ4n) is 1.68. The van der Waals surface area contributed by atoms with Gasteiger partial charge in [-0.3, -0.25) is 4.68 Å². The Labute approximate surface area is 105 Å². The first kappa shape index (κ1) is 13.7. The van der Waals surface area contributed by atoms with Crippen LogP contribution in [0, 0.1) is 6.92 Å². The normalized spacial score (nSPS) is 15.1. The molecule has 1 aromatic rings. The number of halogens is 1. The molecule has 0 aliphatic carbocycles. The number of aryl methyl sites for hydroxylation is 2. The molecule has 0 aromatic carbocycles. The van der Waals surface area contributed by atoms with Gasteiger partial charge in [-0.1, -0.05) is 0 Å². The van der Waals surface area contributed by atoms with E-state index in [0.717, 1.165) is 28.7 Å². The third-order valence-corrected chi connectivity index (χ3v) is 3.74. The Kier molecular flexibility index (Phi) is 4.52. The number of ether oxygens (including phenoxy) is 1. The number of hydrogen-bond donors (Lipinski definition) is 1. The summed E-state index contributed by atoms with van der Waals surface area (Å²) in [5.41, 5.74) is 8.11. The summed E-state index contributed by atoms with van der Waals surface area (Å²) in [7, 11) is 3.64. The summed E-state index contributed by atoms with van der Waals surface area (Å²) in [4.78, 5) is 0. The Bertz CT molecular complexity index is 360. The molecule has 1 atom stereocenters. The van der Waals surface area contributed by atoms with Crippen LogP contribution in [0.4, 0.5) is 0 Å². The Morgan fingerprint density at radius 3 is 2.62 bits per heavy atom. The van der Waals surface area contributed by atoms with Crippen molar-refractivity contribution in [2.75, 3.05) is 13.7 Å². The smallest absolute Gasteiger partial charge is 0.0738 e. The number of nitrogens with two attached hydrogens (primary N) is 1. The maximum absolute atomic E-state index is 6.24. The Morgan fingerprint density at radius 2 is 2.19 bits per heavy atom. The molecule has 0 amide bonds. The molecule has 0 saturated heterocycles. The zero-order valence-corrected chi connectivity index (χ0v) is 12.0. The van der Waals surface area contributed by atoms with Crippen LogP contribution < -0.4 is 5.73 Å². The van der Waals surface area contributed by atoms with E-state index >= 15 is 0 Å². The van der Waals surface area contributed by atoms with Gasteiger partial charge in [0.05, 0.1) is 15.9 Å². The van der Waals surface area contributed by atoms with Crippen LogP contribution in [0.2, 0.25) is 0 Å². The van der Waals surface area contributed by atoms with Gasteiger partial charge in [-0.25, -0.2) is 0 Å². The van der Waals surface area contributed by atoms with Crippen LogP contribution in [0.3, 0.4) is 0 Å². The molecule has 1 heterocycles. The Hall–Kier alpha value is -0.390. The van der Waals surface area contributed by atoms with Gasteiger partial charge >= 0.3 is 0 Å². The summed E-state index contributed by atoms with van der Waals surface area (Å²) in [6.45, 7) is 4.71. The summed E-state index contributed by atoms with van der Waals surface area (Å²) >= 11 is 3.55. The molecular formula is C11H20BrN3O. The van der Waals surface area contributed by atoms with E-state index in [1.807, 2.05) is 25.6 Å². The molecule has 2 N–H and O–H groups in total. The quantitative estimate of drug-likeness (QED) is 0.899. The predicted molar refractivity (Wildman–Crippen MR) is 68.4 cm³/mol. The summed E-state index contributed by atoms with van der Waals surface area (Å²) in [6, 6.07) is 0. The van der Waals surface area contributed by atoms with E-state index < -0.39 is 0 Å². The van der Waals surface area contributed by atoms with Gasteiger partial charge in [-0.15, -0.1) is 0 Å². The SMILES string of the molecule is COCCC(C)(N)Cc1c(Br)c(C)nn1C. The van der Waals surface area contributed by atoms with Crippen LogP contribution in [0.25, 0.3) is 0 Å². The van der Waals surface area contributed by atoms with Crippen molar-refractivity contribution in [2.24, 2.45) is 12.8 Å². The monoisotopic (exact) mass is 289 g/mol. The lowest BCUT2D eigenvalue weighted by Gasteiger charge is -2.24. The molecule has 0 fully saturated rings. The molecule has 0 bridgehead atoms. The zero-order chi connectivity index (χ0) is 12.3. The highest BCUT2D eigenvalue weighted by molar-refractivity contribution is 9.10. The number of rotatable bonds is 5. The molecule has 1 unspecified atom stereocenters. The number of hydrogen-bond acceptors (Lipinski definition) is 3. The first-order valence-corrected chi connectivity index (χ1v) is 6.12. The largest absolute Gasteiger partial charge is 0.385 e. The molecule has 1 rings (SSSR count). The molecule has 0 aliphatic heterocycles. The average molecular weight is 290 g/mol. The van der Waals surface area contributed by atoms with Crippen LogP contribution in [-0.4, -0.2) is 29.0 Å². The highest BCUT2D eigenvalue weighted by atomic mass is 79.9. The number of methoxy groups -OCH3 is 1. The van der Waals surface area contributed by atoms with Crippen molar-refractivity contribution in [3.63, 3.8) is 0 Å². The molecule has 0 saturated carbocycles. The minimum absolute atomic E-state index is 0.265. The lowest BCUT2D eigenvalue weighted by molar-refractivity contribution is 0.171. The second kappa shape index (κ2) is 5.29. The number of aromatic nitrogens is 2. The van der Waals surface area contributed by atoms with E-state index in [4.69, 9.17) is 10.5 Å². The van der Waals surface area contributed by atoms with E-state index in [1.54, 1.807) is 7.11 Å². The Balaban J connectivity index is 2.79. The van der Waals surface area contributed by atoms with Gasteiger partial charge in [0.25, 0.3) is 0 Å². The second-order valence-electron chi connectivity index (χ2n) is 4.54. The van der Waals surface area contributed by atoms with Crippen molar-refractivity contribution in [3.8, 4) is 0 Å². The van der Waals surface area contributed by atoms with Crippen molar-refractivity contribution in [1.82, 2.24) is 9.78 Å². The fourth-order valence-corrected chi connectivity index (χ4v) is 2.15. The van der Waals surface area contributed by atoms with Gasteiger partial charge in [0.2, 0.25) is 0 Å². The van der Waals surface area contributed by atoms with Crippen LogP contribution in [-0.2, 0) is 18.2 Å². The van der Waals surface area contributed by atoms with Crippen molar-refractivity contribution in [1.29, 1.82) is 0 Å². The van der Waals surface area contributed by atoms with Gasteiger partial charge in [-0.2, -0.15) is 5.10 Å². The number of nitrogens with zero attached hydrogens (tertiary/aromatic N) is 2. The molecular weight excluding hydrogens is 270 g/mol. The van der Waals surface area contributed by atoms with Gasteiger partial charge in [0, 0.05) is 32.7 Å². The third kappa shape index (κ3) is 3.30. The average Bonchev–Trinajstić information content (AvgIpc) is 2.42. The van der Waals surface area contributed by atoms with Crippen LogP contribution in [0.5, 0.6) is 0 Å². The zero-order valence-electron chi connectivity index (χ0n) is 10.4. The van der Waals surface area contributed by atoms with E-state index in [0.29, 0.717) is 6.61 Å². The van der Waals surface area contributed by atoms with Crippen molar-refractivity contribution in [2.45, 2.75) is 32.2 Å². The first-order chi connectivity index (χ1) is 7.37. The maximum atomic E-state index is 6.24. The fraction of sp³-hybridized carbons (Fsp3) is 0.727. The standard InChI is InChI=1S/C11H20BrN3O/c1-8-10(12)9(15(3)14-8)7-11(2,13)5-6-16-4/h5-7,13H2,1-4H3. The molecule has 92 valence electrons. The van der Waals surface area contributed by atoms with Crippen molar-refractivity contribution >= 4 is 15.9 Å². The van der Waals surface area contributed by atoms with Gasteiger partial charge < -0.3 is 10.5 Å². The van der Waals surface area contributed by atoms with Crippen LogP contribution >= 0.6 is 15.9 Å². The molecule has 0 aliphatic rings. The van der Waals surface area contributed by atoms with Crippen LogP contribution in [0.1, 0.15) is 24.7 Å². The maximum Gasteiger partial charge on any atom is 0.0738 e. The van der Waals surface area contributed by atoms with E-state index in [9.17, 15) is 0 Å². The molecule has 0 spiro atoms. The Morgan fingerprint density at radius 1 is 1.56 bits per heavy atom. The molecule has 16 heavy (non-hydrogen) atoms. The lowest BCUT2D eigenvalue weighted by Crippen LogP contribution is -2.40. The van der Waals surface area contributed by atoms with Crippen molar-refractivity contribution in [3.05, 3.63) is 15.9 Å². The second-order valence-corrected chi connectivity index (χ2v) is 5.34. The summed E-state index contributed by atoms with van der Waals surface area (Å²) < 4.78 is 8.01. The van der Waals surface area contributed by atoms with Gasteiger partial charge in [0.15, 0.2) is 0 Å². The van der Waals surface area contributed by atoms with E-state index in [2.05, 4.69) is 21.0 Å². The summed E-state index contributed by atoms with van der Waals surface area (Å²) in [5, 5.41) is 4.36. The first-order valence-electron chi connectivity index (χ1n) is 5.33.